The lowest BCUT2D eigenvalue weighted by Gasteiger charge is -2.22. The predicted molar refractivity (Wildman–Crippen MR) is 70.1 cm³/mol. The molecule has 92 valence electrons. The van der Waals surface area contributed by atoms with E-state index in [9.17, 15) is 5.11 Å². The number of allylic oxidation sites excluding steroid dienone is 1. The first-order valence-corrected chi connectivity index (χ1v) is 6.20. The van der Waals surface area contributed by atoms with Gasteiger partial charge < -0.3 is 9.84 Å². The lowest BCUT2D eigenvalue weighted by molar-refractivity contribution is 0.0983. The summed E-state index contributed by atoms with van der Waals surface area (Å²) in [7, 11) is 1.67. The van der Waals surface area contributed by atoms with Crippen molar-refractivity contribution in [3.8, 4) is 5.75 Å². The molecule has 0 heterocycles. The van der Waals surface area contributed by atoms with Crippen LogP contribution in [0, 0.1) is 0 Å². The zero-order valence-electron chi connectivity index (χ0n) is 11.0. The van der Waals surface area contributed by atoms with Crippen molar-refractivity contribution in [2.24, 2.45) is 0 Å². The molecule has 0 fully saturated rings. The Balaban J connectivity index is 2.66. The number of hydrogen-bond donors (Lipinski definition) is 1. The standard InChI is InChI=1S/C15H20O2/c1-5-11-12-9-10(17-4)7-8-14(12)15(3,16)13(11)6-2/h7-9,16H,5-6H2,1-4H3. The third-order valence-electron chi connectivity index (χ3n) is 3.74. The van der Waals surface area contributed by atoms with E-state index in [0.717, 1.165) is 35.3 Å². The average molecular weight is 232 g/mol. The van der Waals surface area contributed by atoms with Gasteiger partial charge in [0.2, 0.25) is 0 Å². The first-order valence-electron chi connectivity index (χ1n) is 6.20. The SMILES string of the molecule is CCC1=C(CC)C(C)(O)c2ccc(OC)cc21. The van der Waals surface area contributed by atoms with E-state index in [1.165, 1.54) is 5.57 Å². The number of methoxy groups -OCH3 is 1. The lowest BCUT2D eigenvalue weighted by atomic mass is 9.91. The Kier molecular flexibility index (Phi) is 3.00. The van der Waals surface area contributed by atoms with Crippen molar-refractivity contribution >= 4 is 5.57 Å². The van der Waals surface area contributed by atoms with Crippen LogP contribution in [0.25, 0.3) is 5.57 Å². The fourth-order valence-corrected chi connectivity index (χ4v) is 2.90. The highest BCUT2D eigenvalue weighted by Gasteiger charge is 2.38. The van der Waals surface area contributed by atoms with E-state index < -0.39 is 5.60 Å². The molecule has 1 unspecified atom stereocenters. The van der Waals surface area contributed by atoms with Gasteiger partial charge in [0, 0.05) is 0 Å². The van der Waals surface area contributed by atoms with Crippen LogP contribution in [0.4, 0.5) is 0 Å². The van der Waals surface area contributed by atoms with Crippen LogP contribution in [0.15, 0.2) is 23.8 Å². The van der Waals surface area contributed by atoms with Gasteiger partial charge in [-0.3, -0.25) is 0 Å². The van der Waals surface area contributed by atoms with E-state index >= 15 is 0 Å². The van der Waals surface area contributed by atoms with Gasteiger partial charge in [0.15, 0.2) is 0 Å². The molecule has 2 heteroatoms. The number of aliphatic hydroxyl groups is 1. The number of rotatable bonds is 3. The van der Waals surface area contributed by atoms with Crippen LogP contribution < -0.4 is 4.74 Å². The van der Waals surface area contributed by atoms with Crippen LogP contribution in [0.5, 0.6) is 5.75 Å². The second-order valence-corrected chi connectivity index (χ2v) is 4.65. The minimum atomic E-state index is -0.818. The molecule has 1 aliphatic rings. The minimum Gasteiger partial charge on any atom is -0.497 e. The second-order valence-electron chi connectivity index (χ2n) is 4.65. The van der Waals surface area contributed by atoms with Crippen molar-refractivity contribution in [1.82, 2.24) is 0 Å². The highest BCUT2D eigenvalue weighted by molar-refractivity contribution is 5.80. The third kappa shape index (κ3) is 1.67. The van der Waals surface area contributed by atoms with E-state index in [2.05, 4.69) is 13.8 Å². The molecule has 0 amide bonds. The summed E-state index contributed by atoms with van der Waals surface area (Å²) < 4.78 is 5.27. The summed E-state index contributed by atoms with van der Waals surface area (Å²) >= 11 is 0. The molecule has 17 heavy (non-hydrogen) atoms. The molecule has 0 aliphatic heterocycles. The Labute approximate surface area is 103 Å². The summed E-state index contributed by atoms with van der Waals surface area (Å²) in [5, 5.41) is 10.7. The fourth-order valence-electron chi connectivity index (χ4n) is 2.90. The topological polar surface area (TPSA) is 29.5 Å². The van der Waals surface area contributed by atoms with Crippen LogP contribution in [0.1, 0.15) is 44.7 Å². The molecule has 2 rings (SSSR count). The summed E-state index contributed by atoms with van der Waals surface area (Å²) in [6.07, 6.45) is 1.83. The van der Waals surface area contributed by atoms with Crippen molar-refractivity contribution in [2.45, 2.75) is 39.2 Å². The molecule has 0 spiro atoms. The molecule has 1 aliphatic carbocycles. The summed E-state index contributed by atoms with van der Waals surface area (Å²) in [6, 6.07) is 5.93. The summed E-state index contributed by atoms with van der Waals surface area (Å²) in [5.41, 5.74) is 3.75. The third-order valence-corrected chi connectivity index (χ3v) is 3.74. The van der Waals surface area contributed by atoms with Gasteiger partial charge in [-0.25, -0.2) is 0 Å². The number of hydrogen-bond acceptors (Lipinski definition) is 2. The normalized spacial score (nSPS) is 22.9. The molecule has 0 saturated heterocycles. The van der Waals surface area contributed by atoms with E-state index in [1.54, 1.807) is 7.11 Å². The van der Waals surface area contributed by atoms with Crippen LogP contribution in [-0.4, -0.2) is 12.2 Å². The van der Waals surface area contributed by atoms with E-state index in [1.807, 2.05) is 25.1 Å². The average Bonchev–Trinajstić information content (AvgIpc) is 2.55. The summed E-state index contributed by atoms with van der Waals surface area (Å²) in [6.45, 7) is 6.12. The Bertz CT molecular complexity index is 470. The molecule has 1 aromatic rings. The number of ether oxygens (including phenoxy) is 1. The van der Waals surface area contributed by atoms with E-state index in [4.69, 9.17) is 4.74 Å². The van der Waals surface area contributed by atoms with Crippen LogP contribution in [0.3, 0.4) is 0 Å². The Morgan fingerprint density at radius 1 is 1.24 bits per heavy atom. The number of benzene rings is 1. The van der Waals surface area contributed by atoms with Crippen molar-refractivity contribution in [3.63, 3.8) is 0 Å². The lowest BCUT2D eigenvalue weighted by Crippen LogP contribution is -2.20. The molecular formula is C15H20O2. The molecule has 1 N–H and O–H groups in total. The Hall–Kier alpha value is -1.28. The number of fused-ring (bicyclic) bond motifs is 1. The van der Waals surface area contributed by atoms with Crippen molar-refractivity contribution in [1.29, 1.82) is 0 Å². The smallest absolute Gasteiger partial charge is 0.119 e. The molecule has 1 atom stereocenters. The molecule has 0 saturated carbocycles. The van der Waals surface area contributed by atoms with Gasteiger partial charge >= 0.3 is 0 Å². The molecule has 0 aromatic heterocycles. The van der Waals surface area contributed by atoms with E-state index in [-0.39, 0.29) is 0 Å². The van der Waals surface area contributed by atoms with Gasteiger partial charge in [-0.15, -0.1) is 0 Å². The predicted octanol–water partition coefficient (Wildman–Crippen LogP) is 3.49. The van der Waals surface area contributed by atoms with Gasteiger partial charge in [0.25, 0.3) is 0 Å². The van der Waals surface area contributed by atoms with Gasteiger partial charge in [-0.1, -0.05) is 19.9 Å². The first-order chi connectivity index (χ1) is 8.06. The molecule has 0 bridgehead atoms. The zero-order chi connectivity index (χ0) is 12.6. The molecule has 2 nitrogen and oxygen atoms in total. The Morgan fingerprint density at radius 2 is 1.94 bits per heavy atom. The maximum Gasteiger partial charge on any atom is 0.119 e. The monoisotopic (exact) mass is 232 g/mol. The van der Waals surface area contributed by atoms with Crippen LogP contribution in [0.2, 0.25) is 0 Å². The van der Waals surface area contributed by atoms with Crippen LogP contribution in [-0.2, 0) is 5.60 Å². The quantitative estimate of drug-likeness (QED) is 0.864. The molecular weight excluding hydrogens is 212 g/mol. The maximum atomic E-state index is 10.7. The highest BCUT2D eigenvalue weighted by Crippen LogP contribution is 2.48. The first kappa shape index (κ1) is 12.2. The van der Waals surface area contributed by atoms with Crippen molar-refractivity contribution < 1.29 is 9.84 Å². The summed E-state index contributed by atoms with van der Waals surface area (Å²) in [4.78, 5) is 0. The second kappa shape index (κ2) is 4.19. The van der Waals surface area contributed by atoms with E-state index in [0.29, 0.717) is 0 Å². The molecule has 1 aromatic carbocycles. The van der Waals surface area contributed by atoms with Crippen molar-refractivity contribution in [2.75, 3.05) is 7.11 Å². The zero-order valence-corrected chi connectivity index (χ0v) is 11.0. The molecule has 0 radical (unpaired) electrons. The van der Waals surface area contributed by atoms with Gasteiger partial charge in [-0.05, 0) is 54.2 Å². The van der Waals surface area contributed by atoms with Crippen LogP contribution >= 0.6 is 0 Å². The van der Waals surface area contributed by atoms with Crippen molar-refractivity contribution in [3.05, 3.63) is 34.9 Å². The Morgan fingerprint density at radius 3 is 2.47 bits per heavy atom. The fraction of sp³-hybridized carbons (Fsp3) is 0.467. The van der Waals surface area contributed by atoms with Gasteiger partial charge in [0.05, 0.1) is 7.11 Å². The summed E-state index contributed by atoms with van der Waals surface area (Å²) in [5.74, 6) is 0.850. The highest BCUT2D eigenvalue weighted by atomic mass is 16.5. The maximum absolute atomic E-state index is 10.7. The largest absolute Gasteiger partial charge is 0.497 e. The van der Waals surface area contributed by atoms with Gasteiger partial charge in [-0.2, -0.15) is 0 Å². The minimum absolute atomic E-state index is 0.818. The van der Waals surface area contributed by atoms with Gasteiger partial charge in [0.1, 0.15) is 11.4 Å².